The van der Waals surface area contributed by atoms with Crippen molar-refractivity contribution in [1.82, 2.24) is 0 Å². The van der Waals surface area contributed by atoms with Crippen LogP contribution >= 0.6 is 0 Å². The second kappa shape index (κ2) is 5.92. The van der Waals surface area contributed by atoms with Crippen LogP contribution in [0, 0.1) is 13.8 Å². The molecule has 0 bridgehead atoms. The average molecular weight is 236 g/mol. The number of rotatable bonds is 3. The molecule has 2 heteroatoms. The largest absolute Gasteiger partial charge is 0.159 e. The molecule has 0 radical (unpaired) electrons. The molecule has 0 saturated heterocycles. The van der Waals surface area contributed by atoms with Crippen molar-refractivity contribution in [2.24, 2.45) is 10.2 Å². The molecular formula is C16H16N2. The predicted octanol–water partition coefficient (Wildman–Crippen LogP) is 3.76. The summed E-state index contributed by atoms with van der Waals surface area (Å²) in [6.07, 6.45) is 3.51. The number of hydrogen-bond donors (Lipinski definition) is 0. The lowest BCUT2D eigenvalue weighted by Gasteiger charge is -1.93. The monoisotopic (exact) mass is 236 g/mol. The smallest absolute Gasteiger partial charge is 0.0568 e. The Hall–Kier alpha value is -2.22. The Labute approximate surface area is 108 Å². The molecule has 2 aromatic carbocycles. The van der Waals surface area contributed by atoms with Crippen molar-refractivity contribution in [2.75, 3.05) is 0 Å². The second-order valence-corrected chi connectivity index (χ2v) is 4.31. The summed E-state index contributed by atoms with van der Waals surface area (Å²) in [7, 11) is 0. The van der Waals surface area contributed by atoms with Crippen LogP contribution in [0.25, 0.3) is 0 Å². The topological polar surface area (TPSA) is 24.7 Å². The van der Waals surface area contributed by atoms with Crippen LogP contribution < -0.4 is 0 Å². The number of nitrogens with zero attached hydrogens (tertiary/aromatic N) is 2. The van der Waals surface area contributed by atoms with Gasteiger partial charge < -0.3 is 0 Å². The quantitative estimate of drug-likeness (QED) is 0.572. The minimum absolute atomic E-state index is 1.06. The summed E-state index contributed by atoms with van der Waals surface area (Å²) in [5.74, 6) is 0. The normalized spacial score (nSPS) is 11.4. The molecule has 0 spiro atoms. The van der Waals surface area contributed by atoms with Gasteiger partial charge >= 0.3 is 0 Å². The Morgan fingerprint density at radius 3 is 1.28 bits per heavy atom. The standard InChI is InChI=1S/C16H16N2/c1-13-3-7-15(8-4-13)11-17-18-12-16-9-5-14(2)6-10-16/h3-12H,1-2H3/b17-11+,18-12+. The minimum atomic E-state index is 1.06. The maximum Gasteiger partial charge on any atom is 0.0568 e. The lowest BCUT2D eigenvalue weighted by atomic mass is 10.2. The van der Waals surface area contributed by atoms with Crippen LogP contribution in [0.1, 0.15) is 22.3 Å². The fourth-order valence-electron chi connectivity index (χ4n) is 1.51. The van der Waals surface area contributed by atoms with Gasteiger partial charge in [-0.2, -0.15) is 10.2 Å². The van der Waals surface area contributed by atoms with E-state index in [0.29, 0.717) is 0 Å². The van der Waals surface area contributed by atoms with Crippen molar-refractivity contribution >= 4 is 12.4 Å². The predicted molar refractivity (Wildman–Crippen MR) is 77.5 cm³/mol. The second-order valence-electron chi connectivity index (χ2n) is 4.31. The van der Waals surface area contributed by atoms with Gasteiger partial charge in [-0.25, -0.2) is 0 Å². The first-order chi connectivity index (χ1) is 8.74. The van der Waals surface area contributed by atoms with Crippen molar-refractivity contribution in [3.8, 4) is 0 Å². The van der Waals surface area contributed by atoms with E-state index < -0.39 is 0 Å². The molecular weight excluding hydrogens is 220 g/mol. The molecule has 18 heavy (non-hydrogen) atoms. The van der Waals surface area contributed by atoms with Gasteiger partial charge in [0.1, 0.15) is 0 Å². The summed E-state index contributed by atoms with van der Waals surface area (Å²) in [6.45, 7) is 4.13. The highest BCUT2D eigenvalue weighted by atomic mass is 15.2. The van der Waals surface area contributed by atoms with E-state index in [1.165, 1.54) is 11.1 Å². The minimum Gasteiger partial charge on any atom is -0.159 e. The summed E-state index contributed by atoms with van der Waals surface area (Å²) in [5, 5.41) is 8.07. The summed E-state index contributed by atoms with van der Waals surface area (Å²) in [6, 6.07) is 16.4. The van der Waals surface area contributed by atoms with Gasteiger partial charge in [0, 0.05) is 0 Å². The highest BCUT2D eigenvalue weighted by Crippen LogP contribution is 2.01. The van der Waals surface area contributed by atoms with E-state index in [4.69, 9.17) is 0 Å². The van der Waals surface area contributed by atoms with Crippen molar-refractivity contribution in [3.05, 3.63) is 70.8 Å². The highest BCUT2D eigenvalue weighted by Gasteiger charge is 1.87. The maximum absolute atomic E-state index is 4.03. The zero-order valence-corrected chi connectivity index (χ0v) is 10.7. The first-order valence-corrected chi connectivity index (χ1v) is 5.94. The third-order valence-corrected chi connectivity index (χ3v) is 2.63. The van der Waals surface area contributed by atoms with Gasteiger partial charge in [0.25, 0.3) is 0 Å². The van der Waals surface area contributed by atoms with E-state index in [0.717, 1.165) is 11.1 Å². The molecule has 2 aromatic rings. The lowest BCUT2D eigenvalue weighted by Crippen LogP contribution is -1.82. The Morgan fingerprint density at radius 2 is 0.944 bits per heavy atom. The fourth-order valence-corrected chi connectivity index (χ4v) is 1.51. The van der Waals surface area contributed by atoms with E-state index in [1.54, 1.807) is 12.4 Å². The van der Waals surface area contributed by atoms with E-state index >= 15 is 0 Å². The Morgan fingerprint density at radius 1 is 0.611 bits per heavy atom. The molecule has 0 atom stereocenters. The third-order valence-electron chi connectivity index (χ3n) is 2.63. The first kappa shape index (κ1) is 12.2. The van der Waals surface area contributed by atoms with Crippen LogP contribution in [-0.4, -0.2) is 12.4 Å². The molecule has 0 aromatic heterocycles. The molecule has 0 heterocycles. The van der Waals surface area contributed by atoms with Crippen molar-refractivity contribution in [1.29, 1.82) is 0 Å². The Kier molecular flexibility index (Phi) is 4.02. The fraction of sp³-hybridized carbons (Fsp3) is 0.125. The molecule has 0 aliphatic heterocycles. The zero-order chi connectivity index (χ0) is 12.8. The summed E-state index contributed by atoms with van der Waals surface area (Å²) in [4.78, 5) is 0. The van der Waals surface area contributed by atoms with Crippen LogP contribution in [0.3, 0.4) is 0 Å². The van der Waals surface area contributed by atoms with Crippen LogP contribution in [-0.2, 0) is 0 Å². The molecule has 0 N–H and O–H groups in total. The van der Waals surface area contributed by atoms with Gasteiger partial charge in [0.05, 0.1) is 12.4 Å². The molecule has 0 amide bonds. The SMILES string of the molecule is Cc1ccc(/C=N/N=C/c2ccc(C)cc2)cc1. The third kappa shape index (κ3) is 3.67. The number of hydrogen-bond acceptors (Lipinski definition) is 2. The zero-order valence-electron chi connectivity index (χ0n) is 10.7. The Bertz CT molecular complexity index is 495. The number of benzene rings is 2. The van der Waals surface area contributed by atoms with E-state index in [2.05, 4.69) is 48.3 Å². The molecule has 0 aliphatic carbocycles. The van der Waals surface area contributed by atoms with Crippen molar-refractivity contribution in [3.63, 3.8) is 0 Å². The molecule has 0 unspecified atom stereocenters. The molecule has 0 saturated carbocycles. The molecule has 2 nitrogen and oxygen atoms in total. The summed E-state index contributed by atoms with van der Waals surface area (Å²) >= 11 is 0. The van der Waals surface area contributed by atoms with Crippen LogP contribution in [0.2, 0.25) is 0 Å². The molecule has 90 valence electrons. The van der Waals surface area contributed by atoms with Gasteiger partial charge in [0.15, 0.2) is 0 Å². The van der Waals surface area contributed by atoms with Crippen LogP contribution in [0.15, 0.2) is 58.7 Å². The van der Waals surface area contributed by atoms with Gasteiger partial charge in [-0.3, -0.25) is 0 Å². The first-order valence-electron chi connectivity index (χ1n) is 5.94. The van der Waals surface area contributed by atoms with Gasteiger partial charge in [0.2, 0.25) is 0 Å². The van der Waals surface area contributed by atoms with Crippen LogP contribution in [0.4, 0.5) is 0 Å². The summed E-state index contributed by atoms with van der Waals surface area (Å²) in [5.41, 5.74) is 4.61. The van der Waals surface area contributed by atoms with Crippen LogP contribution in [0.5, 0.6) is 0 Å². The van der Waals surface area contributed by atoms with E-state index in [9.17, 15) is 0 Å². The molecule has 0 fully saturated rings. The van der Waals surface area contributed by atoms with Crippen molar-refractivity contribution in [2.45, 2.75) is 13.8 Å². The van der Waals surface area contributed by atoms with E-state index in [-0.39, 0.29) is 0 Å². The highest BCUT2D eigenvalue weighted by molar-refractivity contribution is 5.82. The maximum atomic E-state index is 4.03. The number of aryl methyl sites for hydroxylation is 2. The van der Waals surface area contributed by atoms with E-state index in [1.807, 2.05) is 24.3 Å². The van der Waals surface area contributed by atoms with Crippen molar-refractivity contribution < 1.29 is 0 Å². The Balaban J connectivity index is 1.98. The van der Waals surface area contributed by atoms with Gasteiger partial charge in [-0.1, -0.05) is 59.7 Å². The average Bonchev–Trinajstić information content (AvgIpc) is 2.39. The molecule has 2 rings (SSSR count). The van der Waals surface area contributed by atoms with Gasteiger partial charge in [-0.05, 0) is 25.0 Å². The lowest BCUT2D eigenvalue weighted by molar-refractivity contribution is 1.26. The molecule has 0 aliphatic rings. The van der Waals surface area contributed by atoms with Gasteiger partial charge in [-0.15, -0.1) is 0 Å². The summed E-state index contributed by atoms with van der Waals surface area (Å²) < 4.78 is 0.